The van der Waals surface area contributed by atoms with Gasteiger partial charge in [0.05, 0.1) is 5.25 Å². The molecule has 3 aromatic rings. The van der Waals surface area contributed by atoms with Crippen LogP contribution in [-0.2, 0) is 30.1 Å². The van der Waals surface area contributed by atoms with Crippen molar-refractivity contribution >= 4 is 17.7 Å². The van der Waals surface area contributed by atoms with Gasteiger partial charge in [-0.2, -0.15) is 0 Å². The monoisotopic (exact) mass is 545 g/mol. The number of aryl methyl sites for hydroxylation is 1. The smallest absolute Gasteiger partial charge is 0.257 e. The van der Waals surface area contributed by atoms with Crippen molar-refractivity contribution in [2.45, 2.75) is 82.5 Å². The number of aromatic nitrogens is 2. The third kappa shape index (κ3) is 7.21. The van der Waals surface area contributed by atoms with Crippen molar-refractivity contribution in [3.63, 3.8) is 0 Å². The highest BCUT2D eigenvalue weighted by Crippen LogP contribution is 2.29. The van der Waals surface area contributed by atoms with E-state index in [1.54, 1.807) is 11.6 Å². The summed E-state index contributed by atoms with van der Waals surface area (Å²) in [6.07, 6.45) is 4.39. The van der Waals surface area contributed by atoms with Crippen LogP contribution in [0.4, 0.5) is 0 Å². The van der Waals surface area contributed by atoms with Crippen molar-refractivity contribution in [2.24, 2.45) is 13.0 Å². The van der Waals surface area contributed by atoms with Crippen molar-refractivity contribution in [3.8, 4) is 0 Å². The molecule has 2 aromatic carbocycles. The van der Waals surface area contributed by atoms with Gasteiger partial charge in [0.25, 0.3) is 5.56 Å². The molecule has 0 saturated carbocycles. The maximum atomic E-state index is 13.5. The van der Waals surface area contributed by atoms with Crippen LogP contribution in [0.1, 0.15) is 74.9 Å². The molecule has 0 bridgehead atoms. The lowest BCUT2D eigenvalue weighted by molar-refractivity contribution is -0.132. The maximum Gasteiger partial charge on any atom is 0.257 e. The first-order chi connectivity index (χ1) is 18.6. The molecule has 1 aliphatic rings. The molecule has 0 radical (unpaired) electrons. The minimum atomic E-state index is -0.246. The van der Waals surface area contributed by atoms with Crippen molar-refractivity contribution in [1.29, 1.82) is 0 Å². The van der Waals surface area contributed by atoms with Crippen LogP contribution in [0, 0.1) is 12.8 Å². The van der Waals surface area contributed by atoms with E-state index in [1.807, 2.05) is 18.7 Å². The zero-order valence-electron chi connectivity index (χ0n) is 24.4. The lowest BCUT2D eigenvalue weighted by Gasteiger charge is -2.34. The first-order valence-electron chi connectivity index (χ1n) is 14.2. The van der Waals surface area contributed by atoms with Crippen LogP contribution in [0.3, 0.4) is 0 Å². The Morgan fingerprint density at radius 1 is 1.03 bits per heavy atom. The molecular weight excluding hydrogens is 502 g/mol. The number of rotatable bonds is 8. The number of likely N-dealkylation sites (tertiary alicyclic amines) is 1. The van der Waals surface area contributed by atoms with Gasteiger partial charge in [0, 0.05) is 37.8 Å². The Labute approximate surface area is 238 Å². The van der Waals surface area contributed by atoms with E-state index in [2.05, 4.69) is 75.4 Å². The Morgan fingerprint density at radius 3 is 2.26 bits per heavy atom. The van der Waals surface area contributed by atoms with Gasteiger partial charge in [-0.15, -0.1) is 0 Å². The van der Waals surface area contributed by atoms with Gasteiger partial charge in [-0.05, 0) is 60.6 Å². The number of piperidine rings is 1. The number of carbonyl (C=O) groups is 1. The fraction of sp³-hybridized carbons (Fsp3) is 0.485. The molecule has 1 fully saturated rings. The highest BCUT2D eigenvalue weighted by atomic mass is 32.2. The first kappa shape index (κ1) is 29.1. The molecule has 0 aliphatic carbocycles. The van der Waals surface area contributed by atoms with E-state index in [0.29, 0.717) is 29.5 Å². The molecule has 1 saturated heterocycles. The van der Waals surface area contributed by atoms with Crippen LogP contribution >= 0.6 is 11.8 Å². The first-order valence-corrected chi connectivity index (χ1v) is 15.1. The van der Waals surface area contributed by atoms with Crippen LogP contribution in [0.5, 0.6) is 0 Å². The number of hydrogen-bond donors (Lipinski definition) is 0. The molecule has 39 heavy (non-hydrogen) atoms. The molecule has 0 spiro atoms. The van der Waals surface area contributed by atoms with E-state index < -0.39 is 0 Å². The summed E-state index contributed by atoms with van der Waals surface area (Å²) in [5, 5.41) is 0.368. The largest absolute Gasteiger partial charge is 0.342 e. The molecule has 1 unspecified atom stereocenters. The van der Waals surface area contributed by atoms with Crippen LogP contribution < -0.4 is 5.56 Å². The molecule has 1 aliphatic heterocycles. The number of carbonyl (C=O) groups excluding carboxylic acids is 1. The Morgan fingerprint density at radius 2 is 1.67 bits per heavy atom. The Kier molecular flexibility index (Phi) is 9.37. The summed E-state index contributed by atoms with van der Waals surface area (Å²) in [4.78, 5) is 33.7. The zero-order chi connectivity index (χ0) is 28.2. The predicted octanol–water partition coefficient (Wildman–Crippen LogP) is 6.33. The average molecular weight is 546 g/mol. The molecule has 5 nitrogen and oxygen atoms in total. The third-order valence-corrected chi connectivity index (χ3v) is 9.33. The normalized spacial score (nSPS) is 15.4. The van der Waals surface area contributed by atoms with Crippen molar-refractivity contribution in [3.05, 3.63) is 92.9 Å². The Balaban J connectivity index is 1.41. The van der Waals surface area contributed by atoms with Gasteiger partial charge < -0.3 is 4.90 Å². The van der Waals surface area contributed by atoms with Crippen molar-refractivity contribution in [1.82, 2.24) is 14.5 Å². The van der Waals surface area contributed by atoms with Gasteiger partial charge >= 0.3 is 0 Å². The minimum absolute atomic E-state index is 0.0334. The standard InChI is InChI=1S/C33H43N3O2S/c1-7-29(31(38)36-19-17-26(18-20-36)21-24-11-9-8-10-12-24)39-32-34-23(2)28(30(37)35(32)6)22-25-13-15-27(16-14-25)33(3,4)5/h8-16,26,29H,7,17-22H2,1-6H3. The highest BCUT2D eigenvalue weighted by Gasteiger charge is 2.29. The van der Waals surface area contributed by atoms with E-state index in [1.165, 1.54) is 22.9 Å². The third-order valence-electron chi connectivity index (χ3n) is 7.94. The van der Waals surface area contributed by atoms with E-state index in [-0.39, 0.29) is 22.1 Å². The van der Waals surface area contributed by atoms with E-state index in [0.717, 1.165) is 43.6 Å². The number of benzene rings is 2. The van der Waals surface area contributed by atoms with Crippen LogP contribution in [0.2, 0.25) is 0 Å². The summed E-state index contributed by atoms with van der Waals surface area (Å²) >= 11 is 1.43. The van der Waals surface area contributed by atoms with Gasteiger partial charge in [-0.1, -0.05) is 94.1 Å². The second-order valence-electron chi connectivity index (χ2n) is 11.9. The van der Waals surface area contributed by atoms with E-state index in [9.17, 15) is 9.59 Å². The van der Waals surface area contributed by atoms with Gasteiger partial charge in [0.1, 0.15) is 0 Å². The molecule has 1 atom stereocenters. The van der Waals surface area contributed by atoms with Crippen molar-refractivity contribution < 1.29 is 4.79 Å². The molecule has 1 aromatic heterocycles. The molecule has 4 rings (SSSR count). The van der Waals surface area contributed by atoms with Crippen molar-refractivity contribution in [2.75, 3.05) is 13.1 Å². The van der Waals surface area contributed by atoms with Crippen LogP contribution in [-0.4, -0.2) is 38.7 Å². The number of hydrogen-bond acceptors (Lipinski definition) is 4. The summed E-state index contributed by atoms with van der Waals surface area (Å²) in [5.41, 5.74) is 5.26. The summed E-state index contributed by atoms with van der Waals surface area (Å²) in [6.45, 7) is 12.1. The summed E-state index contributed by atoms with van der Waals surface area (Å²) in [6, 6.07) is 19.1. The van der Waals surface area contributed by atoms with Gasteiger partial charge in [-0.3, -0.25) is 14.2 Å². The predicted molar refractivity (Wildman–Crippen MR) is 162 cm³/mol. The second kappa shape index (κ2) is 12.5. The summed E-state index contributed by atoms with van der Waals surface area (Å²) < 4.78 is 1.62. The Hall–Kier alpha value is -2.86. The molecule has 1 amide bonds. The molecule has 6 heteroatoms. The van der Waals surface area contributed by atoms with Gasteiger partial charge in [0.2, 0.25) is 5.91 Å². The zero-order valence-corrected chi connectivity index (χ0v) is 25.2. The lowest BCUT2D eigenvalue weighted by Crippen LogP contribution is -2.43. The lowest BCUT2D eigenvalue weighted by atomic mass is 9.86. The van der Waals surface area contributed by atoms with Gasteiger partial charge in [0.15, 0.2) is 5.16 Å². The fourth-order valence-electron chi connectivity index (χ4n) is 5.31. The number of nitrogens with zero attached hydrogens (tertiary/aromatic N) is 3. The van der Waals surface area contributed by atoms with E-state index >= 15 is 0 Å². The minimum Gasteiger partial charge on any atom is -0.342 e. The highest BCUT2D eigenvalue weighted by molar-refractivity contribution is 8.00. The maximum absolute atomic E-state index is 13.5. The number of amides is 1. The average Bonchev–Trinajstić information content (AvgIpc) is 2.92. The molecular formula is C33H43N3O2S. The quantitative estimate of drug-likeness (QED) is 0.245. The summed E-state index contributed by atoms with van der Waals surface area (Å²) in [5.74, 6) is 0.780. The SMILES string of the molecule is CCC(Sc1nc(C)c(Cc2ccc(C(C)(C)C)cc2)c(=O)n1C)C(=O)N1CCC(Cc2ccccc2)CC1. The number of thioether (sulfide) groups is 1. The topological polar surface area (TPSA) is 55.2 Å². The van der Waals surface area contributed by atoms with Crippen LogP contribution in [0.15, 0.2) is 64.5 Å². The molecule has 2 heterocycles. The Bertz CT molecular complexity index is 1320. The summed E-state index contributed by atoms with van der Waals surface area (Å²) in [7, 11) is 1.77. The molecule has 208 valence electrons. The molecule has 0 N–H and O–H groups in total. The van der Waals surface area contributed by atoms with E-state index in [4.69, 9.17) is 4.98 Å². The van der Waals surface area contributed by atoms with Crippen LogP contribution in [0.25, 0.3) is 0 Å². The van der Waals surface area contributed by atoms with Gasteiger partial charge in [-0.25, -0.2) is 4.98 Å². The second-order valence-corrected chi connectivity index (χ2v) is 13.1. The fourth-order valence-corrected chi connectivity index (χ4v) is 6.41.